The zero-order valence-electron chi connectivity index (χ0n) is 10.7. The molecule has 0 aliphatic heterocycles. The molecule has 0 radical (unpaired) electrons. The number of carbonyl (C=O) groups excluding carboxylic acids is 1. The lowest BCUT2D eigenvalue weighted by Crippen LogP contribution is -2.42. The molecule has 0 aromatic heterocycles. The van der Waals surface area contributed by atoms with E-state index in [4.69, 9.17) is 9.84 Å². The number of hydrogen-bond donors (Lipinski definition) is 2. The Morgan fingerprint density at radius 3 is 2.72 bits per heavy atom. The van der Waals surface area contributed by atoms with Crippen molar-refractivity contribution in [3.05, 3.63) is 28.2 Å². The minimum absolute atomic E-state index is 0.0906. The molecule has 0 bridgehead atoms. The summed E-state index contributed by atoms with van der Waals surface area (Å²) in [6, 6.07) is 5.39. The Kier molecular flexibility index (Phi) is 5.62. The van der Waals surface area contributed by atoms with Crippen LogP contribution in [0.4, 0.5) is 0 Å². The van der Waals surface area contributed by atoms with Crippen molar-refractivity contribution in [1.82, 2.24) is 5.32 Å². The van der Waals surface area contributed by atoms with E-state index in [1.54, 1.807) is 13.8 Å². The molecule has 2 N–H and O–H groups in total. The summed E-state index contributed by atoms with van der Waals surface area (Å²) in [4.78, 5) is 11.7. The monoisotopic (exact) mass is 315 g/mol. The van der Waals surface area contributed by atoms with Gasteiger partial charge in [-0.2, -0.15) is 0 Å². The SMILES string of the molecule is Cc1ccc(OC(C)C(=O)NC(C)CO)c(Br)c1. The molecule has 0 aliphatic carbocycles. The number of benzene rings is 1. The fourth-order valence-corrected chi connectivity index (χ4v) is 1.94. The molecule has 5 heteroatoms. The summed E-state index contributed by atoms with van der Waals surface area (Å²) in [6.45, 7) is 5.29. The number of hydrogen-bond acceptors (Lipinski definition) is 3. The number of ether oxygens (including phenoxy) is 1. The lowest BCUT2D eigenvalue weighted by atomic mass is 10.2. The highest BCUT2D eigenvalue weighted by Gasteiger charge is 2.17. The second kappa shape index (κ2) is 6.75. The van der Waals surface area contributed by atoms with Gasteiger partial charge in [0.2, 0.25) is 0 Å². The van der Waals surface area contributed by atoms with Crippen LogP contribution < -0.4 is 10.1 Å². The number of halogens is 1. The third-order valence-corrected chi connectivity index (χ3v) is 3.04. The van der Waals surface area contributed by atoms with Crippen molar-refractivity contribution < 1.29 is 14.6 Å². The summed E-state index contributed by atoms with van der Waals surface area (Å²) in [5.74, 6) is 0.379. The lowest BCUT2D eigenvalue weighted by molar-refractivity contribution is -0.128. The largest absolute Gasteiger partial charge is 0.480 e. The van der Waals surface area contributed by atoms with Crippen LogP contribution in [0.25, 0.3) is 0 Å². The van der Waals surface area contributed by atoms with E-state index in [2.05, 4.69) is 21.2 Å². The quantitative estimate of drug-likeness (QED) is 0.874. The van der Waals surface area contributed by atoms with E-state index in [0.29, 0.717) is 5.75 Å². The standard InChI is InChI=1S/C13H18BrNO3/c1-8-4-5-12(11(14)6-8)18-10(3)13(17)15-9(2)7-16/h4-6,9-10,16H,7H2,1-3H3,(H,15,17). The number of rotatable bonds is 5. The van der Waals surface area contributed by atoms with Gasteiger partial charge in [-0.05, 0) is 54.4 Å². The van der Waals surface area contributed by atoms with Gasteiger partial charge in [-0.1, -0.05) is 6.07 Å². The summed E-state index contributed by atoms with van der Waals surface area (Å²) in [5, 5.41) is 11.5. The van der Waals surface area contributed by atoms with E-state index in [9.17, 15) is 4.79 Å². The maximum Gasteiger partial charge on any atom is 0.261 e. The minimum Gasteiger partial charge on any atom is -0.480 e. The second-order valence-corrected chi connectivity index (χ2v) is 5.14. The number of aryl methyl sites for hydroxylation is 1. The van der Waals surface area contributed by atoms with E-state index in [1.807, 2.05) is 25.1 Å². The molecule has 1 aromatic carbocycles. The molecule has 1 aromatic rings. The number of aliphatic hydroxyl groups is 1. The van der Waals surface area contributed by atoms with E-state index >= 15 is 0 Å². The summed E-state index contributed by atoms with van der Waals surface area (Å²) >= 11 is 3.39. The van der Waals surface area contributed by atoms with Crippen molar-refractivity contribution >= 4 is 21.8 Å². The highest BCUT2D eigenvalue weighted by atomic mass is 79.9. The molecule has 1 amide bonds. The number of aliphatic hydroxyl groups excluding tert-OH is 1. The average Bonchev–Trinajstić information content (AvgIpc) is 2.32. The van der Waals surface area contributed by atoms with Crippen molar-refractivity contribution in [3.8, 4) is 5.75 Å². The van der Waals surface area contributed by atoms with Crippen molar-refractivity contribution in [2.45, 2.75) is 32.9 Å². The third-order valence-electron chi connectivity index (χ3n) is 2.42. The normalized spacial score (nSPS) is 13.8. The highest BCUT2D eigenvalue weighted by Crippen LogP contribution is 2.26. The van der Waals surface area contributed by atoms with Crippen LogP contribution >= 0.6 is 15.9 Å². The Balaban J connectivity index is 2.63. The van der Waals surface area contributed by atoms with Crippen LogP contribution in [0.5, 0.6) is 5.75 Å². The maximum atomic E-state index is 11.7. The van der Waals surface area contributed by atoms with Crippen LogP contribution in [0.3, 0.4) is 0 Å². The fourth-order valence-electron chi connectivity index (χ4n) is 1.35. The fraction of sp³-hybridized carbons (Fsp3) is 0.462. The molecule has 4 nitrogen and oxygen atoms in total. The molecular weight excluding hydrogens is 298 g/mol. The lowest BCUT2D eigenvalue weighted by Gasteiger charge is -2.18. The summed E-state index contributed by atoms with van der Waals surface area (Å²) < 4.78 is 6.38. The van der Waals surface area contributed by atoms with Gasteiger partial charge in [-0.15, -0.1) is 0 Å². The molecule has 0 saturated heterocycles. The van der Waals surface area contributed by atoms with Gasteiger partial charge in [0.15, 0.2) is 6.10 Å². The Labute approximate surface area is 115 Å². The van der Waals surface area contributed by atoms with Crippen LogP contribution in [0.15, 0.2) is 22.7 Å². The highest BCUT2D eigenvalue weighted by molar-refractivity contribution is 9.10. The van der Waals surface area contributed by atoms with Crippen molar-refractivity contribution in [1.29, 1.82) is 0 Å². The number of nitrogens with one attached hydrogen (secondary N) is 1. The summed E-state index contributed by atoms with van der Waals surface area (Å²) in [7, 11) is 0. The average molecular weight is 316 g/mol. The molecule has 1 rings (SSSR count). The van der Waals surface area contributed by atoms with E-state index in [-0.39, 0.29) is 18.6 Å². The molecule has 0 fully saturated rings. The maximum absolute atomic E-state index is 11.7. The van der Waals surface area contributed by atoms with E-state index in [1.165, 1.54) is 0 Å². The topological polar surface area (TPSA) is 58.6 Å². The van der Waals surface area contributed by atoms with Crippen molar-refractivity contribution in [3.63, 3.8) is 0 Å². The van der Waals surface area contributed by atoms with Gasteiger partial charge in [0.05, 0.1) is 11.1 Å². The van der Waals surface area contributed by atoms with Crippen LogP contribution in [-0.4, -0.2) is 29.8 Å². The first-order chi connectivity index (χ1) is 8.43. The number of amides is 1. The predicted molar refractivity (Wildman–Crippen MR) is 73.7 cm³/mol. The molecule has 0 spiro atoms. The summed E-state index contributed by atoms with van der Waals surface area (Å²) in [6.07, 6.45) is -0.613. The Morgan fingerprint density at radius 1 is 1.50 bits per heavy atom. The molecule has 2 unspecified atom stereocenters. The van der Waals surface area contributed by atoms with Gasteiger partial charge in [-0.25, -0.2) is 0 Å². The summed E-state index contributed by atoms with van der Waals surface area (Å²) in [5.41, 5.74) is 1.11. The Morgan fingerprint density at radius 2 is 2.17 bits per heavy atom. The first-order valence-corrected chi connectivity index (χ1v) is 6.57. The molecular formula is C13H18BrNO3. The van der Waals surface area contributed by atoms with Crippen molar-refractivity contribution in [2.24, 2.45) is 0 Å². The number of carbonyl (C=O) groups is 1. The third kappa shape index (κ3) is 4.31. The first kappa shape index (κ1) is 15.0. The molecule has 0 saturated carbocycles. The molecule has 0 heterocycles. The van der Waals surface area contributed by atoms with Gasteiger partial charge in [0, 0.05) is 6.04 Å². The van der Waals surface area contributed by atoms with Gasteiger partial charge in [-0.3, -0.25) is 4.79 Å². The molecule has 18 heavy (non-hydrogen) atoms. The van der Waals surface area contributed by atoms with Gasteiger partial charge < -0.3 is 15.2 Å². The van der Waals surface area contributed by atoms with E-state index < -0.39 is 6.10 Å². The first-order valence-electron chi connectivity index (χ1n) is 5.78. The van der Waals surface area contributed by atoms with Gasteiger partial charge >= 0.3 is 0 Å². The zero-order chi connectivity index (χ0) is 13.7. The molecule has 2 atom stereocenters. The van der Waals surface area contributed by atoms with E-state index in [0.717, 1.165) is 10.0 Å². The van der Waals surface area contributed by atoms with Crippen LogP contribution in [0.2, 0.25) is 0 Å². The zero-order valence-corrected chi connectivity index (χ0v) is 12.3. The second-order valence-electron chi connectivity index (χ2n) is 4.29. The molecule has 100 valence electrons. The Hall–Kier alpha value is -1.07. The Bertz CT molecular complexity index is 423. The van der Waals surface area contributed by atoms with Gasteiger partial charge in [0.25, 0.3) is 5.91 Å². The van der Waals surface area contributed by atoms with Crippen LogP contribution in [0.1, 0.15) is 19.4 Å². The van der Waals surface area contributed by atoms with Crippen LogP contribution in [0, 0.1) is 6.92 Å². The smallest absolute Gasteiger partial charge is 0.261 e. The minimum atomic E-state index is -0.613. The van der Waals surface area contributed by atoms with Gasteiger partial charge in [0.1, 0.15) is 5.75 Å². The molecule has 0 aliphatic rings. The predicted octanol–water partition coefficient (Wildman–Crippen LogP) is 2.02. The van der Waals surface area contributed by atoms with Crippen molar-refractivity contribution in [2.75, 3.05) is 6.61 Å². The van der Waals surface area contributed by atoms with Crippen LogP contribution in [-0.2, 0) is 4.79 Å².